The largest absolute Gasteiger partial charge is 0.284 e. The molecule has 0 saturated carbocycles. The van der Waals surface area contributed by atoms with E-state index in [0.29, 0.717) is 18.5 Å². The van der Waals surface area contributed by atoms with Crippen molar-refractivity contribution in [1.29, 1.82) is 0 Å². The number of hydrogen-bond acceptors (Lipinski definition) is 3. The molecule has 0 aliphatic carbocycles. The maximum Gasteiger partial charge on any atom is 0.0903 e. The van der Waals surface area contributed by atoms with Gasteiger partial charge in [-0.15, -0.1) is 0 Å². The summed E-state index contributed by atoms with van der Waals surface area (Å²) < 4.78 is 0. The molecule has 4 atom stereocenters. The van der Waals surface area contributed by atoms with Crippen LogP contribution in [0.25, 0.3) is 0 Å². The number of fused-ring (bicyclic) bond motifs is 1. The molecular formula is C6H13N3. The van der Waals surface area contributed by atoms with E-state index in [1.165, 1.54) is 0 Å². The number of hydrogen-bond donors (Lipinski definition) is 1. The maximum absolute atomic E-state index is 3.40. The summed E-state index contributed by atoms with van der Waals surface area (Å²) in [5, 5.41) is 8.10. The van der Waals surface area contributed by atoms with E-state index < -0.39 is 0 Å². The first kappa shape index (κ1) is 5.65. The zero-order valence-corrected chi connectivity index (χ0v) is 6.13. The molecule has 0 radical (unpaired) electrons. The fraction of sp³-hybridized carbons (Fsp3) is 1.00. The van der Waals surface area contributed by atoms with E-state index in [-0.39, 0.29) is 0 Å². The average molecular weight is 127 g/mol. The summed E-state index contributed by atoms with van der Waals surface area (Å²) in [6.45, 7) is 6.62. The van der Waals surface area contributed by atoms with E-state index >= 15 is 0 Å². The van der Waals surface area contributed by atoms with Crippen LogP contribution < -0.4 is 5.32 Å². The summed E-state index contributed by atoms with van der Waals surface area (Å²) in [6.07, 6.45) is 1.78. The zero-order valence-electron chi connectivity index (χ0n) is 6.13. The zero-order chi connectivity index (χ0) is 6.59. The molecular weight excluding hydrogens is 114 g/mol. The minimum Gasteiger partial charge on any atom is -0.284 e. The molecule has 52 valence electrons. The summed E-state index contributed by atoms with van der Waals surface area (Å²) in [5.41, 5.74) is 0. The van der Waals surface area contributed by atoms with Gasteiger partial charge in [0.15, 0.2) is 0 Å². The summed E-state index contributed by atoms with van der Waals surface area (Å²) in [4.78, 5) is 0. The SMILES string of the molecule is CC1N2[C@H](C)N[C@@H](C)N12. The van der Waals surface area contributed by atoms with Crippen molar-refractivity contribution in [3.05, 3.63) is 0 Å². The first-order valence-electron chi connectivity index (χ1n) is 3.54. The van der Waals surface area contributed by atoms with E-state index in [1.54, 1.807) is 0 Å². The van der Waals surface area contributed by atoms with Crippen molar-refractivity contribution in [1.82, 2.24) is 15.3 Å². The molecule has 2 fully saturated rings. The Bertz CT molecular complexity index is 122. The second-order valence-corrected chi connectivity index (χ2v) is 2.91. The standard InChI is InChI=1S/C6H13N3/c1-4-7-5(2)9-6(3)8(4)9/h4-7H,1-3H3/t4-,5-,6?,8?,9?/m1/s1. The Morgan fingerprint density at radius 3 is 1.67 bits per heavy atom. The third-order valence-electron chi connectivity index (χ3n) is 2.25. The molecule has 0 spiro atoms. The Balaban J connectivity index is 2.10. The Morgan fingerprint density at radius 2 is 1.44 bits per heavy atom. The van der Waals surface area contributed by atoms with Crippen LogP contribution >= 0.6 is 0 Å². The maximum atomic E-state index is 3.40. The number of rotatable bonds is 0. The molecule has 2 aliphatic rings. The Morgan fingerprint density at radius 1 is 1.00 bits per heavy atom. The highest BCUT2D eigenvalue weighted by molar-refractivity contribution is 4.92. The summed E-state index contributed by atoms with van der Waals surface area (Å²) >= 11 is 0. The van der Waals surface area contributed by atoms with Crippen LogP contribution in [0, 0.1) is 0 Å². The van der Waals surface area contributed by atoms with Crippen LogP contribution in [-0.4, -0.2) is 28.5 Å². The summed E-state index contributed by atoms with van der Waals surface area (Å²) in [7, 11) is 0. The van der Waals surface area contributed by atoms with Crippen molar-refractivity contribution in [2.75, 3.05) is 0 Å². The monoisotopic (exact) mass is 127 g/mol. The third-order valence-corrected chi connectivity index (χ3v) is 2.25. The van der Waals surface area contributed by atoms with E-state index in [2.05, 4.69) is 36.1 Å². The highest BCUT2D eigenvalue weighted by atomic mass is 15.9. The van der Waals surface area contributed by atoms with Crippen molar-refractivity contribution >= 4 is 0 Å². The van der Waals surface area contributed by atoms with Crippen LogP contribution in [0.15, 0.2) is 0 Å². The van der Waals surface area contributed by atoms with Gasteiger partial charge in [-0.2, -0.15) is 0 Å². The molecule has 0 aromatic rings. The molecule has 2 heterocycles. The van der Waals surface area contributed by atoms with Gasteiger partial charge in [0, 0.05) is 0 Å². The Labute approximate surface area is 55.6 Å². The molecule has 2 aliphatic heterocycles. The van der Waals surface area contributed by atoms with Gasteiger partial charge in [0.2, 0.25) is 0 Å². The van der Waals surface area contributed by atoms with Gasteiger partial charge in [-0.25, -0.2) is 10.0 Å². The molecule has 2 unspecified atom stereocenters. The summed E-state index contributed by atoms with van der Waals surface area (Å²) in [6, 6.07) is 0. The lowest BCUT2D eigenvalue weighted by Gasteiger charge is -2.10. The molecule has 2 rings (SSSR count). The molecule has 0 aromatic carbocycles. The normalized spacial score (nSPS) is 63.7. The highest BCUT2D eigenvalue weighted by Crippen LogP contribution is 2.34. The molecule has 3 nitrogen and oxygen atoms in total. The quantitative estimate of drug-likeness (QED) is 0.467. The van der Waals surface area contributed by atoms with Gasteiger partial charge >= 0.3 is 0 Å². The molecule has 9 heavy (non-hydrogen) atoms. The van der Waals surface area contributed by atoms with Gasteiger partial charge in [0.1, 0.15) is 0 Å². The van der Waals surface area contributed by atoms with E-state index in [0.717, 1.165) is 0 Å². The van der Waals surface area contributed by atoms with Crippen molar-refractivity contribution in [2.24, 2.45) is 0 Å². The topological polar surface area (TPSA) is 18.0 Å². The van der Waals surface area contributed by atoms with E-state index in [1.807, 2.05) is 0 Å². The second kappa shape index (κ2) is 1.48. The molecule has 3 heteroatoms. The number of nitrogens with one attached hydrogen (secondary N) is 1. The molecule has 0 amide bonds. The van der Waals surface area contributed by atoms with Gasteiger partial charge in [-0.3, -0.25) is 5.32 Å². The van der Waals surface area contributed by atoms with E-state index in [9.17, 15) is 0 Å². The fourth-order valence-corrected chi connectivity index (χ4v) is 1.85. The van der Waals surface area contributed by atoms with Gasteiger partial charge < -0.3 is 0 Å². The van der Waals surface area contributed by atoms with Crippen LogP contribution in [0.5, 0.6) is 0 Å². The Hall–Kier alpha value is -0.120. The molecule has 1 N–H and O–H groups in total. The van der Waals surface area contributed by atoms with Crippen molar-refractivity contribution in [2.45, 2.75) is 39.3 Å². The summed E-state index contributed by atoms with van der Waals surface area (Å²) in [5.74, 6) is 0. The van der Waals surface area contributed by atoms with Gasteiger partial charge in [0.25, 0.3) is 0 Å². The predicted octanol–water partition coefficient (Wildman–Crippen LogP) is 0.160. The lowest BCUT2D eigenvalue weighted by molar-refractivity contribution is 0.326. The first-order valence-corrected chi connectivity index (χ1v) is 3.54. The van der Waals surface area contributed by atoms with Crippen LogP contribution in [0.4, 0.5) is 0 Å². The van der Waals surface area contributed by atoms with Crippen molar-refractivity contribution in [3.8, 4) is 0 Å². The number of hydrazine groups is 1. The van der Waals surface area contributed by atoms with E-state index in [4.69, 9.17) is 0 Å². The minimum absolute atomic E-state index is 0.551. The van der Waals surface area contributed by atoms with Crippen LogP contribution in [0.1, 0.15) is 20.8 Å². The van der Waals surface area contributed by atoms with Gasteiger partial charge in [0.05, 0.1) is 18.5 Å². The minimum atomic E-state index is 0.551. The third kappa shape index (κ3) is 0.569. The van der Waals surface area contributed by atoms with Crippen LogP contribution in [0.2, 0.25) is 0 Å². The lowest BCUT2D eigenvalue weighted by Crippen LogP contribution is -2.35. The number of nitrogens with zero attached hydrogens (tertiary/aromatic N) is 2. The van der Waals surface area contributed by atoms with Crippen LogP contribution in [0.3, 0.4) is 0 Å². The fourth-order valence-electron chi connectivity index (χ4n) is 1.85. The predicted molar refractivity (Wildman–Crippen MR) is 35.2 cm³/mol. The highest BCUT2D eigenvalue weighted by Gasteiger charge is 2.53. The van der Waals surface area contributed by atoms with Gasteiger partial charge in [-0.1, -0.05) is 0 Å². The van der Waals surface area contributed by atoms with Crippen molar-refractivity contribution < 1.29 is 0 Å². The first-order chi connectivity index (χ1) is 4.22. The molecule has 0 aromatic heterocycles. The molecule has 2 saturated heterocycles. The lowest BCUT2D eigenvalue weighted by atomic mass is 10.4. The smallest absolute Gasteiger partial charge is 0.0903 e. The van der Waals surface area contributed by atoms with Crippen molar-refractivity contribution in [3.63, 3.8) is 0 Å². The van der Waals surface area contributed by atoms with Crippen LogP contribution in [-0.2, 0) is 0 Å². The second-order valence-electron chi connectivity index (χ2n) is 2.91. The Kier molecular flexibility index (Phi) is 0.928. The average Bonchev–Trinajstić information content (AvgIpc) is 2.30. The van der Waals surface area contributed by atoms with Gasteiger partial charge in [-0.05, 0) is 20.8 Å². The molecule has 0 bridgehead atoms.